The van der Waals surface area contributed by atoms with E-state index in [0.29, 0.717) is 5.56 Å². The van der Waals surface area contributed by atoms with Crippen LogP contribution < -0.4 is 0 Å². The Morgan fingerprint density at radius 1 is 1.03 bits per heavy atom. The van der Waals surface area contributed by atoms with E-state index in [-0.39, 0.29) is 47.8 Å². The number of rotatable bonds is 8. The molecule has 1 aliphatic carbocycles. The molecule has 14 heteroatoms. The van der Waals surface area contributed by atoms with Gasteiger partial charge in [0.1, 0.15) is 0 Å². The number of nitrogens with zero attached hydrogens (tertiary/aromatic N) is 5. The summed E-state index contributed by atoms with van der Waals surface area (Å²) in [6.07, 6.45) is 1.88. The average molecular weight is 584 g/mol. The van der Waals surface area contributed by atoms with Gasteiger partial charge in [-0.05, 0) is 37.3 Å². The predicted molar refractivity (Wildman–Crippen MR) is 133 cm³/mol. The van der Waals surface area contributed by atoms with Crippen molar-refractivity contribution in [3.63, 3.8) is 0 Å². The van der Waals surface area contributed by atoms with E-state index in [4.69, 9.17) is 23.2 Å². The highest BCUT2D eigenvalue weighted by Crippen LogP contribution is 2.39. The predicted octanol–water partition coefficient (Wildman–Crippen LogP) is 5.34. The van der Waals surface area contributed by atoms with Crippen molar-refractivity contribution in [2.24, 2.45) is 5.92 Å². The summed E-state index contributed by atoms with van der Waals surface area (Å²) in [4.78, 5) is 46.7. The van der Waals surface area contributed by atoms with Gasteiger partial charge in [0.15, 0.2) is 11.5 Å². The van der Waals surface area contributed by atoms with Crippen molar-refractivity contribution in [2.75, 3.05) is 6.54 Å². The van der Waals surface area contributed by atoms with Crippen LogP contribution in [0.4, 0.5) is 13.2 Å². The van der Waals surface area contributed by atoms with Gasteiger partial charge in [-0.2, -0.15) is 18.3 Å². The summed E-state index contributed by atoms with van der Waals surface area (Å²) < 4.78 is 43.8. The molecular weight excluding hydrogens is 562 g/mol. The number of hydrogen-bond donors (Lipinski definition) is 1. The molecule has 39 heavy (non-hydrogen) atoms. The summed E-state index contributed by atoms with van der Waals surface area (Å²) in [5, 5.41) is 13.0. The molecule has 1 fully saturated rings. The number of ketones is 1. The van der Waals surface area contributed by atoms with Crippen molar-refractivity contribution >= 4 is 40.9 Å². The fraction of sp³-hybridized carbons (Fsp3) is 0.360. The van der Waals surface area contributed by atoms with E-state index in [0.717, 1.165) is 15.8 Å². The zero-order valence-corrected chi connectivity index (χ0v) is 21.7. The topological polar surface area (TPSA) is 118 Å². The Balaban J connectivity index is 1.69. The first kappa shape index (κ1) is 28.5. The van der Waals surface area contributed by atoms with Gasteiger partial charge in [0.25, 0.3) is 5.91 Å². The Bertz CT molecular complexity index is 1360. The number of aromatic nitrogens is 4. The molecule has 0 saturated heterocycles. The quantitative estimate of drug-likeness (QED) is 0.355. The highest BCUT2D eigenvalue weighted by atomic mass is 35.5. The molecule has 1 saturated carbocycles. The lowest BCUT2D eigenvalue weighted by Gasteiger charge is -2.28. The molecule has 0 unspecified atom stereocenters. The number of Topliss-reactive ketones (excluding diaryl/α,β-unsaturated/α-hetero) is 1. The summed E-state index contributed by atoms with van der Waals surface area (Å²) in [5.41, 5.74) is -1.63. The zero-order valence-electron chi connectivity index (χ0n) is 20.2. The molecule has 0 aliphatic heterocycles. The monoisotopic (exact) mass is 583 g/mol. The van der Waals surface area contributed by atoms with Crippen LogP contribution in [0.5, 0.6) is 0 Å². The van der Waals surface area contributed by atoms with E-state index >= 15 is 0 Å². The minimum atomic E-state index is -4.95. The third-order valence-corrected chi connectivity index (χ3v) is 7.11. The third-order valence-electron chi connectivity index (χ3n) is 6.54. The van der Waals surface area contributed by atoms with Gasteiger partial charge in [-0.15, -0.1) is 0 Å². The molecule has 1 N–H and O–H groups in total. The molecule has 206 valence electrons. The van der Waals surface area contributed by atoms with E-state index < -0.39 is 53.6 Å². The average Bonchev–Trinajstić information content (AvgIpc) is 3.34. The van der Waals surface area contributed by atoms with E-state index in [9.17, 15) is 32.7 Å². The number of alkyl halides is 3. The fourth-order valence-corrected chi connectivity index (χ4v) is 5.23. The van der Waals surface area contributed by atoms with Crippen molar-refractivity contribution in [3.05, 3.63) is 75.5 Å². The van der Waals surface area contributed by atoms with Crippen molar-refractivity contribution in [3.8, 4) is 0 Å². The lowest BCUT2D eigenvalue weighted by atomic mass is 9.86. The van der Waals surface area contributed by atoms with Crippen molar-refractivity contribution in [1.82, 2.24) is 24.6 Å². The maximum atomic E-state index is 14.3. The summed E-state index contributed by atoms with van der Waals surface area (Å²) in [5.74, 6) is -3.41. The highest BCUT2D eigenvalue weighted by molar-refractivity contribution is 6.39. The van der Waals surface area contributed by atoms with Gasteiger partial charge in [-0.25, -0.2) is 0 Å². The lowest BCUT2D eigenvalue weighted by molar-refractivity contribution is -0.147. The zero-order chi connectivity index (χ0) is 28.3. The van der Waals surface area contributed by atoms with Crippen LogP contribution in [0.25, 0.3) is 0 Å². The van der Waals surface area contributed by atoms with E-state index in [1.807, 2.05) is 0 Å². The van der Waals surface area contributed by atoms with Crippen LogP contribution >= 0.6 is 23.2 Å². The van der Waals surface area contributed by atoms with Crippen LogP contribution in [-0.4, -0.2) is 54.0 Å². The van der Waals surface area contributed by atoms with Crippen molar-refractivity contribution < 1.29 is 32.7 Å². The van der Waals surface area contributed by atoms with Gasteiger partial charge >= 0.3 is 12.1 Å². The number of carbonyl (C=O) groups excluding carboxylic acids is 2. The van der Waals surface area contributed by atoms with Crippen LogP contribution in [0.3, 0.4) is 0 Å². The Morgan fingerprint density at radius 2 is 1.69 bits per heavy atom. The van der Waals surface area contributed by atoms with Gasteiger partial charge in [0.2, 0.25) is 0 Å². The molecule has 3 heterocycles. The molecule has 0 aromatic carbocycles. The number of hydrogen-bond acceptors (Lipinski definition) is 6. The van der Waals surface area contributed by atoms with Crippen LogP contribution in [0.2, 0.25) is 10.0 Å². The smallest absolute Gasteiger partial charge is 0.433 e. The molecule has 0 atom stereocenters. The van der Waals surface area contributed by atoms with Gasteiger partial charge in [-0.1, -0.05) is 29.3 Å². The number of carbonyl (C=O) groups is 3. The first-order valence-electron chi connectivity index (χ1n) is 11.8. The second kappa shape index (κ2) is 11.7. The number of carboxylic acids is 1. The molecule has 1 amide bonds. The van der Waals surface area contributed by atoms with Gasteiger partial charge in [0.05, 0.1) is 45.9 Å². The molecule has 4 rings (SSSR count). The number of amides is 1. The summed E-state index contributed by atoms with van der Waals surface area (Å²) >= 11 is 12.2. The molecule has 3 aromatic rings. The summed E-state index contributed by atoms with van der Waals surface area (Å²) in [7, 11) is 0. The number of halogens is 5. The normalized spacial score (nSPS) is 17.6. The minimum Gasteiger partial charge on any atom is -0.481 e. The molecule has 0 spiro atoms. The largest absolute Gasteiger partial charge is 0.481 e. The SMILES string of the molecule is O=C(CN(Cc1cccnc1)C(=O)c1cnn([C@H]2CC[C@H](C(=O)O)CC2)c1C(F)(F)F)c1c(Cl)cncc1Cl. The standard InChI is InChI=1S/C25H22Cl2F3N5O4/c26-18-10-32-11-19(27)21(18)20(36)13-34(12-14-2-1-7-31-8-14)23(37)17-9-33-35(22(17)25(28,29)30)16-5-3-15(4-6-16)24(38)39/h1-2,7-11,15-16H,3-6,12-13H2,(H,38,39)/t15-,16-. The Morgan fingerprint density at radius 3 is 2.26 bits per heavy atom. The number of pyridine rings is 2. The Kier molecular flexibility index (Phi) is 8.55. The molecule has 1 aliphatic rings. The number of carboxylic acid groups (broad SMARTS) is 1. The molecule has 3 aromatic heterocycles. The first-order chi connectivity index (χ1) is 18.5. The van der Waals surface area contributed by atoms with Gasteiger partial charge in [0, 0.05) is 31.3 Å². The molecule has 0 bridgehead atoms. The summed E-state index contributed by atoms with van der Waals surface area (Å²) in [6, 6.07) is 2.46. The highest BCUT2D eigenvalue weighted by Gasteiger charge is 2.43. The maximum absolute atomic E-state index is 14.3. The maximum Gasteiger partial charge on any atom is 0.433 e. The van der Waals surface area contributed by atoms with Crippen LogP contribution in [0, 0.1) is 5.92 Å². The van der Waals surface area contributed by atoms with E-state index in [1.54, 1.807) is 12.1 Å². The van der Waals surface area contributed by atoms with Crippen molar-refractivity contribution in [1.29, 1.82) is 0 Å². The lowest BCUT2D eigenvalue weighted by Crippen LogP contribution is -2.37. The van der Waals surface area contributed by atoms with Crippen LogP contribution in [-0.2, 0) is 17.5 Å². The Labute approximate surface area is 230 Å². The second-order valence-electron chi connectivity index (χ2n) is 9.12. The van der Waals surface area contributed by atoms with Gasteiger partial charge in [-0.3, -0.25) is 29.0 Å². The molecular formula is C25H22Cl2F3N5O4. The first-order valence-corrected chi connectivity index (χ1v) is 12.6. The number of aliphatic carboxylic acids is 1. The Hall–Kier alpha value is -3.51. The minimum absolute atomic E-state index is 0.0676. The molecule has 0 radical (unpaired) electrons. The molecule has 9 nitrogen and oxygen atoms in total. The van der Waals surface area contributed by atoms with E-state index in [2.05, 4.69) is 15.1 Å². The summed E-state index contributed by atoms with van der Waals surface area (Å²) in [6.45, 7) is -0.867. The van der Waals surface area contributed by atoms with Gasteiger partial charge < -0.3 is 10.0 Å². The van der Waals surface area contributed by atoms with Crippen LogP contribution in [0.1, 0.15) is 63.7 Å². The van der Waals surface area contributed by atoms with E-state index in [1.165, 1.54) is 24.8 Å². The van der Waals surface area contributed by atoms with Crippen LogP contribution in [0.15, 0.2) is 43.1 Å². The fourth-order valence-electron chi connectivity index (χ4n) is 4.66. The second-order valence-corrected chi connectivity index (χ2v) is 9.93. The third kappa shape index (κ3) is 6.39. The van der Waals surface area contributed by atoms with Crippen molar-refractivity contribution in [2.45, 2.75) is 44.4 Å².